The fourth-order valence-electron chi connectivity index (χ4n) is 1.94. The van der Waals surface area contributed by atoms with Gasteiger partial charge in [-0.1, -0.05) is 0 Å². The number of nitrogens with one attached hydrogen (secondary N) is 1. The second-order valence-electron chi connectivity index (χ2n) is 4.60. The third kappa shape index (κ3) is 3.25. The summed E-state index contributed by atoms with van der Waals surface area (Å²) in [5.74, 6) is 0.988. The number of aryl methyl sites for hydroxylation is 1. The summed E-state index contributed by atoms with van der Waals surface area (Å²) in [6.07, 6.45) is 0. The molecule has 0 bridgehead atoms. The van der Waals surface area contributed by atoms with Crippen LogP contribution in [-0.2, 0) is 0 Å². The monoisotopic (exact) mass is 286 g/mol. The summed E-state index contributed by atoms with van der Waals surface area (Å²) < 4.78 is 10.5. The topological polar surface area (TPSA) is 73.6 Å². The van der Waals surface area contributed by atoms with E-state index in [1.54, 1.807) is 44.6 Å². The lowest BCUT2D eigenvalue weighted by Gasteiger charge is -2.13. The van der Waals surface area contributed by atoms with Crippen molar-refractivity contribution in [1.82, 2.24) is 0 Å². The van der Waals surface area contributed by atoms with E-state index in [9.17, 15) is 4.79 Å². The highest BCUT2D eigenvalue weighted by Crippen LogP contribution is 2.33. The molecule has 5 nitrogen and oxygen atoms in total. The molecule has 0 unspecified atom stereocenters. The molecular weight excluding hydrogens is 268 g/mol. The Bertz CT molecular complexity index is 651. The van der Waals surface area contributed by atoms with Gasteiger partial charge in [-0.15, -0.1) is 0 Å². The number of rotatable bonds is 4. The SMILES string of the molecule is COc1cc(C)c(NC(=O)c2ccc(N)cc2)cc1OC. The number of anilines is 2. The van der Waals surface area contributed by atoms with E-state index in [2.05, 4.69) is 5.32 Å². The summed E-state index contributed by atoms with van der Waals surface area (Å²) in [4.78, 5) is 12.2. The molecule has 2 aromatic carbocycles. The van der Waals surface area contributed by atoms with Gasteiger partial charge in [-0.2, -0.15) is 0 Å². The van der Waals surface area contributed by atoms with Crippen LogP contribution in [-0.4, -0.2) is 20.1 Å². The molecule has 0 aromatic heterocycles. The van der Waals surface area contributed by atoms with E-state index < -0.39 is 0 Å². The summed E-state index contributed by atoms with van der Waals surface area (Å²) >= 11 is 0. The van der Waals surface area contributed by atoms with Crippen molar-refractivity contribution in [3.8, 4) is 11.5 Å². The zero-order valence-corrected chi connectivity index (χ0v) is 12.3. The van der Waals surface area contributed by atoms with Crippen molar-refractivity contribution in [2.24, 2.45) is 0 Å². The van der Waals surface area contributed by atoms with Crippen LogP contribution < -0.4 is 20.5 Å². The van der Waals surface area contributed by atoms with Crippen LogP contribution in [0.5, 0.6) is 11.5 Å². The van der Waals surface area contributed by atoms with Crippen LogP contribution in [0.4, 0.5) is 11.4 Å². The van der Waals surface area contributed by atoms with Gasteiger partial charge in [-0.05, 0) is 42.8 Å². The molecule has 0 fully saturated rings. The Kier molecular flexibility index (Phi) is 4.33. The van der Waals surface area contributed by atoms with E-state index in [4.69, 9.17) is 15.2 Å². The number of nitrogens with two attached hydrogens (primary N) is 1. The lowest BCUT2D eigenvalue weighted by atomic mass is 10.1. The molecule has 0 heterocycles. The number of methoxy groups -OCH3 is 2. The lowest BCUT2D eigenvalue weighted by Crippen LogP contribution is -2.13. The van der Waals surface area contributed by atoms with Gasteiger partial charge in [0.1, 0.15) is 0 Å². The van der Waals surface area contributed by atoms with E-state index in [0.717, 1.165) is 5.56 Å². The molecule has 3 N–H and O–H groups in total. The predicted molar refractivity (Wildman–Crippen MR) is 83.1 cm³/mol. The number of hydrogen-bond donors (Lipinski definition) is 2. The number of carbonyl (C=O) groups is 1. The molecule has 2 rings (SSSR count). The highest BCUT2D eigenvalue weighted by Gasteiger charge is 2.12. The van der Waals surface area contributed by atoms with Crippen LogP contribution in [0.25, 0.3) is 0 Å². The van der Waals surface area contributed by atoms with E-state index >= 15 is 0 Å². The Balaban J connectivity index is 2.26. The van der Waals surface area contributed by atoms with Crippen LogP contribution in [0.2, 0.25) is 0 Å². The van der Waals surface area contributed by atoms with Gasteiger partial charge in [0.15, 0.2) is 11.5 Å². The Hall–Kier alpha value is -2.69. The average Bonchev–Trinajstić information content (AvgIpc) is 2.49. The summed E-state index contributed by atoms with van der Waals surface area (Å²) in [6, 6.07) is 10.3. The number of ether oxygens (including phenoxy) is 2. The van der Waals surface area contributed by atoms with Crippen LogP contribution in [0.1, 0.15) is 15.9 Å². The maximum absolute atomic E-state index is 12.2. The molecule has 0 atom stereocenters. The molecule has 2 aromatic rings. The van der Waals surface area contributed by atoms with Crippen molar-refractivity contribution in [2.45, 2.75) is 6.92 Å². The van der Waals surface area contributed by atoms with Gasteiger partial charge < -0.3 is 20.5 Å². The number of nitrogen functional groups attached to an aromatic ring is 1. The van der Waals surface area contributed by atoms with Gasteiger partial charge in [0.05, 0.1) is 14.2 Å². The van der Waals surface area contributed by atoms with Crippen molar-refractivity contribution in [3.63, 3.8) is 0 Å². The summed E-state index contributed by atoms with van der Waals surface area (Å²) in [5, 5.41) is 2.86. The zero-order valence-electron chi connectivity index (χ0n) is 12.3. The Morgan fingerprint density at radius 2 is 1.62 bits per heavy atom. The lowest BCUT2D eigenvalue weighted by molar-refractivity contribution is 0.102. The molecule has 0 saturated heterocycles. The zero-order chi connectivity index (χ0) is 15.4. The Morgan fingerprint density at radius 3 is 2.19 bits per heavy atom. The molecule has 0 saturated carbocycles. The van der Waals surface area contributed by atoms with Gasteiger partial charge in [-0.3, -0.25) is 4.79 Å². The predicted octanol–water partition coefficient (Wildman–Crippen LogP) is 2.85. The molecule has 0 spiro atoms. The van der Waals surface area contributed by atoms with Crippen LogP contribution in [0.3, 0.4) is 0 Å². The number of carbonyl (C=O) groups excluding carboxylic acids is 1. The fraction of sp³-hybridized carbons (Fsp3) is 0.188. The molecular formula is C16H18N2O3. The van der Waals surface area contributed by atoms with Gasteiger partial charge >= 0.3 is 0 Å². The van der Waals surface area contributed by atoms with Crippen molar-refractivity contribution >= 4 is 17.3 Å². The van der Waals surface area contributed by atoms with E-state index in [-0.39, 0.29) is 5.91 Å². The number of hydrogen-bond acceptors (Lipinski definition) is 4. The smallest absolute Gasteiger partial charge is 0.255 e. The largest absolute Gasteiger partial charge is 0.493 e. The van der Waals surface area contributed by atoms with E-state index in [0.29, 0.717) is 28.4 Å². The molecule has 0 radical (unpaired) electrons. The van der Waals surface area contributed by atoms with E-state index in [1.165, 1.54) is 0 Å². The summed E-state index contributed by atoms with van der Waals surface area (Å²) in [7, 11) is 3.13. The third-order valence-electron chi connectivity index (χ3n) is 3.15. The molecule has 1 amide bonds. The summed E-state index contributed by atoms with van der Waals surface area (Å²) in [5.41, 5.74) is 8.33. The molecule has 21 heavy (non-hydrogen) atoms. The first kappa shape index (κ1) is 14.7. The van der Waals surface area contributed by atoms with Crippen LogP contribution >= 0.6 is 0 Å². The Labute approximate surface area is 123 Å². The van der Waals surface area contributed by atoms with Crippen molar-refractivity contribution < 1.29 is 14.3 Å². The van der Waals surface area contributed by atoms with Crippen LogP contribution in [0, 0.1) is 6.92 Å². The molecule has 110 valence electrons. The standard InChI is InChI=1S/C16H18N2O3/c1-10-8-14(20-2)15(21-3)9-13(10)18-16(19)11-4-6-12(17)7-5-11/h4-9H,17H2,1-3H3,(H,18,19). The van der Waals surface area contributed by atoms with Crippen LogP contribution in [0.15, 0.2) is 36.4 Å². The van der Waals surface area contributed by atoms with Gasteiger partial charge in [-0.25, -0.2) is 0 Å². The minimum Gasteiger partial charge on any atom is -0.493 e. The Morgan fingerprint density at radius 1 is 1.05 bits per heavy atom. The first-order valence-corrected chi connectivity index (χ1v) is 6.44. The maximum atomic E-state index is 12.2. The number of benzene rings is 2. The van der Waals surface area contributed by atoms with E-state index in [1.807, 2.05) is 13.0 Å². The molecule has 0 aliphatic carbocycles. The maximum Gasteiger partial charge on any atom is 0.255 e. The highest BCUT2D eigenvalue weighted by molar-refractivity contribution is 6.05. The van der Waals surface area contributed by atoms with Gasteiger partial charge in [0.2, 0.25) is 0 Å². The normalized spacial score (nSPS) is 10.0. The minimum absolute atomic E-state index is 0.203. The first-order chi connectivity index (χ1) is 10.0. The fourth-order valence-corrected chi connectivity index (χ4v) is 1.94. The van der Waals surface area contributed by atoms with Crippen molar-refractivity contribution in [1.29, 1.82) is 0 Å². The van der Waals surface area contributed by atoms with Gasteiger partial charge in [0, 0.05) is 23.0 Å². The quantitative estimate of drug-likeness (QED) is 0.848. The molecule has 0 aliphatic heterocycles. The second kappa shape index (κ2) is 6.17. The average molecular weight is 286 g/mol. The third-order valence-corrected chi connectivity index (χ3v) is 3.15. The van der Waals surface area contributed by atoms with Crippen molar-refractivity contribution in [2.75, 3.05) is 25.3 Å². The number of amides is 1. The summed E-state index contributed by atoms with van der Waals surface area (Å²) in [6.45, 7) is 1.89. The highest BCUT2D eigenvalue weighted by atomic mass is 16.5. The molecule has 0 aliphatic rings. The molecule has 5 heteroatoms. The minimum atomic E-state index is -0.203. The second-order valence-corrected chi connectivity index (χ2v) is 4.60. The van der Waals surface area contributed by atoms with Gasteiger partial charge in [0.25, 0.3) is 5.91 Å². The first-order valence-electron chi connectivity index (χ1n) is 6.44. The van der Waals surface area contributed by atoms with Crippen molar-refractivity contribution in [3.05, 3.63) is 47.5 Å².